The third-order valence-corrected chi connectivity index (χ3v) is 5.79. The lowest BCUT2D eigenvalue weighted by Crippen LogP contribution is -2.13. The van der Waals surface area contributed by atoms with Gasteiger partial charge in [-0.15, -0.1) is 11.3 Å². The van der Waals surface area contributed by atoms with Crippen LogP contribution >= 0.6 is 22.9 Å². The van der Waals surface area contributed by atoms with Gasteiger partial charge in [-0.25, -0.2) is 4.98 Å². The smallest absolute Gasteiger partial charge is 0.267 e. The molecule has 2 aromatic heterocycles. The van der Waals surface area contributed by atoms with Crippen LogP contribution < -0.4 is 5.32 Å². The van der Waals surface area contributed by atoms with Gasteiger partial charge in [0.15, 0.2) is 0 Å². The molecule has 0 fully saturated rings. The zero-order valence-electron chi connectivity index (χ0n) is 14.7. The van der Waals surface area contributed by atoms with Gasteiger partial charge in [-0.1, -0.05) is 65.7 Å². The number of aromatic nitrogens is 1. The van der Waals surface area contributed by atoms with E-state index in [1.807, 2.05) is 18.2 Å². The number of nitrogens with zero attached hydrogens (tertiary/aromatic N) is 1. The van der Waals surface area contributed by atoms with Crippen LogP contribution in [0.5, 0.6) is 0 Å². The maximum absolute atomic E-state index is 13.0. The monoisotopic (exact) mass is 392 g/mol. The fourth-order valence-electron chi connectivity index (χ4n) is 3.02. The summed E-state index contributed by atoms with van der Waals surface area (Å²) < 4.78 is 1.10. The molecule has 0 saturated carbocycles. The first-order valence-electron chi connectivity index (χ1n) is 8.60. The fourth-order valence-corrected chi connectivity index (χ4v) is 4.30. The predicted octanol–water partition coefficient (Wildman–Crippen LogP) is 6.10. The minimum atomic E-state index is -0.159. The van der Waals surface area contributed by atoms with Gasteiger partial charge < -0.3 is 5.32 Å². The summed E-state index contributed by atoms with van der Waals surface area (Å²) in [5, 5.41) is 4.34. The number of fused-ring (bicyclic) bond motifs is 1. The molecule has 0 bridgehead atoms. The number of hydrogen-bond donors (Lipinski definition) is 1. The second-order valence-electron chi connectivity index (χ2n) is 6.37. The zero-order valence-corrected chi connectivity index (χ0v) is 16.3. The van der Waals surface area contributed by atoms with Crippen molar-refractivity contribution in [2.24, 2.45) is 0 Å². The van der Waals surface area contributed by atoms with Crippen molar-refractivity contribution in [3.8, 4) is 0 Å². The number of nitrogens with one attached hydrogen (secondary N) is 1. The Morgan fingerprint density at radius 1 is 1.04 bits per heavy atom. The van der Waals surface area contributed by atoms with Gasteiger partial charge in [0.05, 0.1) is 4.88 Å². The Bertz CT molecular complexity index is 1120. The van der Waals surface area contributed by atoms with Crippen LogP contribution in [-0.4, -0.2) is 10.9 Å². The lowest BCUT2D eigenvalue weighted by molar-refractivity contribution is 0.102. The number of aryl methyl sites for hydroxylation is 1. The van der Waals surface area contributed by atoms with Gasteiger partial charge in [-0.3, -0.25) is 4.79 Å². The summed E-state index contributed by atoms with van der Waals surface area (Å²) in [6.07, 6.45) is 0.704. The Hall–Kier alpha value is -2.69. The largest absolute Gasteiger partial charge is 0.306 e. The quantitative estimate of drug-likeness (QED) is 0.426. The summed E-state index contributed by atoms with van der Waals surface area (Å²) in [5.74, 6) is 0.291. The summed E-state index contributed by atoms with van der Waals surface area (Å²) in [6, 6.07) is 21.7. The van der Waals surface area contributed by atoms with Crippen LogP contribution in [0.3, 0.4) is 0 Å². The van der Waals surface area contributed by atoms with E-state index in [4.69, 9.17) is 11.6 Å². The fraction of sp³-hybridized carbons (Fsp3) is 0.0909. The lowest BCUT2D eigenvalue weighted by Gasteiger charge is -2.07. The van der Waals surface area contributed by atoms with Gasteiger partial charge in [0.25, 0.3) is 5.91 Å². The average molecular weight is 393 g/mol. The van der Waals surface area contributed by atoms with E-state index in [0.717, 1.165) is 15.6 Å². The highest BCUT2D eigenvalue weighted by Crippen LogP contribution is 2.33. The van der Waals surface area contributed by atoms with E-state index in [1.54, 1.807) is 18.2 Å². The third-order valence-electron chi connectivity index (χ3n) is 4.36. The standard InChI is InChI=1S/C22H17ClN2OS/c1-14-9-11-15(12-10-14)13-17-16-5-2-3-6-18(16)27-21(17)22(26)25-20-8-4-7-19(23)24-20/h2-12H,13H2,1H3,(H,24,25,26). The van der Waals surface area contributed by atoms with Crippen LogP contribution in [0, 0.1) is 6.92 Å². The van der Waals surface area contributed by atoms with E-state index in [9.17, 15) is 4.79 Å². The van der Waals surface area contributed by atoms with Gasteiger partial charge in [0.1, 0.15) is 11.0 Å². The van der Waals surface area contributed by atoms with Crippen LogP contribution in [0.25, 0.3) is 10.1 Å². The van der Waals surface area contributed by atoms with Crippen LogP contribution in [-0.2, 0) is 6.42 Å². The van der Waals surface area contributed by atoms with Crippen molar-refractivity contribution in [3.63, 3.8) is 0 Å². The number of carbonyl (C=O) groups excluding carboxylic acids is 1. The SMILES string of the molecule is Cc1ccc(Cc2c(C(=O)Nc3cccc(Cl)n3)sc3ccccc23)cc1. The Morgan fingerprint density at radius 2 is 1.81 bits per heavy atom. The maximum atomic E-state index is 13.0. The predicted molar refractivity (Wildman–Crippen MR) is 113 cm³/mol. The Morgan fingerprint density at radius 3 is 2.59 bits per heavy atom. The van der Waals surface area contributed by atoms with Crippen molar-refractivity contribution in [1.29, 1.82) is 0 Å². The van der Waals surface area contributed by atoms with Crippen molar-refractivity contribution >= 4 is 44.7 Å². The number of anilines is 1. The number of hydrogen-bond acceptors (Lipinski definition) is 3. The molecule has 0 unspecified atom stereocenters. The summed E-state index contributed by atoms with van der Waals surface area (Å²) in [6.45, 7) is 2.07. The topological polar surface area (TPSA) is 42.0 Å². The minimum absolute atomic E-state index is 0.159. The van der Waals surface area contributed by atoms with Crippen LogP contribution in [0.15, 0.2) is 66.7 Å². The van der Waals surface area contributed by atoms with Crippen molar-refractivity contribution in [2.75, 3.05) is 5.32 Å². The van der Waals surface area contributed by atoms with Gasteiger partial charge in [-0.05, 0) is 48.1 Å². The Kier molecular flexibility index (Phi) is 4.92. The second kappa shape index (κ2) is 7.51. The summed E-state index contributed by atoms with van der Waals surface area (Å²) in [7, 11) is 0. The van der Waals surface area contributed by atoms with E-state index < -0.39 is 0 Å². The highest BCUT2D eigenvalue weighted by atomic mass is 35.5. The Balaban J connectivity index is 1.73. The molecule has 0 saturated heterocycles. The average Bonchev–Trinajstić information content (AvgIpc) is 3.02. The number of carbonyl (C=O) groups is 1. The number of benzene rings is 2. The van der Waals surface area contributed by atoms with Crippen molar-refractivity contribution in [1.82, 2.24) is 4.98 Å². The van der Waals surface area contributed by atoms with Gasteiger partial charge >= 0.3 is 0 Å². The molecule has 0 spiro atoms. The molecule has 5 heteroatoms. The lowest BCUT2D eigenvalue weighted by atomic mass is 10.0. The van der Waals surface area contributed by atoms with Crippen molar-refractivity contribution < 1.29 is 4.79 Å². The summed E-state index contributed by atoms with van der Waals surface area (Å²) in [5.41, 5.74) is 3.44. The molecule has 27 heavy (non-hydrogen) atoms. The van der Waals surface area contributed by atoms with Crippen molar-refractivity contribution in [2.45, 2.75) is 13.3 Å². The molecule has 1 N–H and O–H groups in total. The molecule has 2 aromatic carbocycles. The molecule has 0 atom stereocenters. The molecule has 4 rings (SSSR count). The van der Waals surface area contributed by atoms with Crippen molar-refractivity contribution in [3.05, 3.63) is 93.5 Å². The third kappa shape index (κ3) is 3.87. The molecule has 3 nitrogen and oxygen atoms in total. The van der Waals surface area contributed by atoms with E-state index in [2.05, 4.69) is 47.6 Å². The number of pyridine rings is 1. The van der Waals surface area contributed by atoms with Gasteiger partial charge in [0.2, 0.25) is 0 Å². The second-order valence-corrected chi connectivity index (χ2v) is 7.81. The molecule has 134 valence electrons. The van der Waals surface area contributed by atoms with E-state index in [-0.39, 0.29) is 5.91 Å². The number of amides is 1. The van der Waals surface area contributed by atoms with Crippen LogP contribution in [0.1, 0.15) is 26.4 Å². The van der Waals surface area contributed by atoms with Gasteiger partial charge in [0, 0.05) is 4.70 Å². The molecule has 4 aromatic rings. The highest BCUT2D eigenvalue weighted by molar-refractivity contribution is 7.21. The normalized spacial score (nSPS) is 10.9. The Labute approximate surface area is 166 Å². The van der Waals surface area contributed by atoms with E-state index in [1.165, 1.54) is 22.5 Å². The first kappa shape index (κ1) is 17.7. The molecular formula is C22H17ClN2OS. The number of rotatable bonds is 4. The number of halogens is 1. The molecule has 0 radical (unpaired) electrons. The van der Waals surface area contributed by atoms with Crippen LogP contribution in [0.2, 0.25) is 5.15 Å². The summed E-state index contributed by atoms with van der Waals surface area (Å²) in [4.78, 5) is 17.8. The zero-order chi connectivity index (χ0) is 18.8. The molecule has 0 aliphatic heterocycles. The highest BCUT2D eigenvalue weighted by Gasteiger charge is 2.19. The van der Waals surface area contributed by atoms with Gasteiger partial charge in [-0.2, -0.15) is 0 Å². The summed E-state index contributed by atoms with van der Waals surface area (Å²) >= 11 is 7.44. The molecule has 0 aliphatic carbocycles. The molecule has 2 heterocycles. The molecule has 0 aliphatic rings. The maximum Gasteiger partial charge on any atom is 0.267 e. The first-order chi connectivity index (χ1) is 13.1. The van der Waals surface area contributed by atoms with E-state index in [0.29, 0.717) is 22.3 Å². The minimum Gasteiger partial charge on any atom is -0.306 e. The molecule has 1 amide bonds. The van der Waals surface area contributed by atoms with E-state index >= 15 is 0 Å². The number of thiophene rings is 1. The molecular weight excluding hydrogens is 376 g/mol. The van der Waals surface area contributed by atoms with Crippen LogP contribution in [0.4, 0.5) is 5.82 Å². The first-order valence-corrected chi connectivity index (χ1v) is 9.79.